The zero-order valence-corrected chi connectivity index (χ0v) is 9.50. The number of aromatic carboxylic acids is 1. The standard InChI is InChI=1S/C12H13N3O2/c1-2-6-15-11(8-13-14-15)9-4-3-5-10(7-9)12(16)17/h3-5,7-8H,2,6H2,1H3,(H,16,17). The van der Waals surface area contributed by atoms with Crippen molar-refractivity contribution in [3.63, 3.8) is 0 Å². The average molecular weight is 231 g/mol. The van der Waals surface area contributed by atoms with Crippen molar-refractivity contribution in [1.29, 1.82) is 0 Å². The van der Waals surface area contributed by atoms with Gasteiger partial charge in [-0.3, -0.25) is 0 Å². The van der Waals surface area contributed by atoms with Gasteiger partial charge in [0.15, 0.2) is 0 Å². The zero-order chi connectivity index (χ0) is 12.3. The third kappa shape index (κ3) is 2.33. The van der Waals surface area contributed by atoms with Crippen molar-refractivity contribution >= 4 is 5.97 Å². The molecule has 0 fully saturated rings. The summed E-state index contributed by atoms with van der Waals surface area (Å²) >= 11 is 0. The Morgan fingerprint density at radius 1 is 1.47 bits per heavy atom. The third-order valence-electron chi connectivity index (χ3n) is 2.46. The minimum Gasteiger partial charge on any atom is -0.478 e. The highest BCUT2D eigenvalue weighted by Crippen LogP contribution is 2.19. The molecule has 0 spiro atoms. The van der Waals surface area contributed by atoms with Gasteiger partial charge in [0.25, 0.3) is 0 Å². The summed E-state index contributed by atoms with van der Waals surface area (Å²) in [6, 6.07) is 6.78. The molecule has 0 amide bonds. The third-order valence-corrected chi connectivity index (χ3v) is 2.46. The number of aromatic nitrogens is 3. The Bertz CT molecular complexity index is 534. The predicted octanol–water partition coefficient (Wildman–Crippen LogP) is 2.05. The Kier molecular flexibility index (Phi) is 3.18. The van der Waals surface area contributed by atoms with Crippen molar-refractivity contribution in [2.24, 2.45) is 0 Å². The van der Waals surface area contributed by atoms with Gasteiger partial charge in [0, 0.05) is 12.1 Å². The number of hydrogen-bond donors (Lipinski definition) is 1. The number of rotatable bonds is 4. The number of carboxylic acids is 1. The first-order valence-electron chi connectivity index (χ1n) is 5.44. The van der Waals surface area contributed by atoms with Gasteiger partial charge < -0.3 is 5.11 Å². The summed E-state index contributed by atoms with van der Waals surface area (Å²) in [4.78, 5) is 10.9. The maximum absolute atomic E-state index is 10.9. The Hall–Kier alpha value is -2.17. The fraction of sp³-hybridized carbons (Fsp3) is 0.250. The molecule has 1 aromatic heterocycles. The molecule has 0 radical (unpaired) electrons. The number of carboxylic acid groups (broad SMARTS) is 1. The minimum atomic E-state index is -0.929. The summed E-state index contributed by atoms with van der Waals surface area (Å²) in [5.74, 6) is -0.929. The van der Waals surface area contributed by atoms with E-state index < -0.39 is 5.97 Å². The van der Waals surface area contributed by atoms with E-state index in [4.69, 9.17) is 5.11 Å². The van der Waals surface area contributed by atoms with Crippen LogP contribution in [0.3, 0.4) is 0 Å². The summed E-state index contributed by atoms with van der Waals surface area (Å²) in [6.07, 6.45) is 2.60. The normalized spacial score (nSPS) is 10.4. The van der Waals surface area contributed by atoms with Crippen LogP contribution in [0.4, 0.5) is 0 Å². The van der Waals surface area contributed by atoms with Gasteiger partial charge in [-0.25, -0.2) is 9.48 Å². The van der Waals surface area contributed by atoms with Crippen molar-refractivity contribution < 1.29 is 9.90 Å². The van der Waals surface area contributed by atoms with Crippen LogP contribution in [0.15, 0.2) is 30.5 Å². The fourth-order valence-corrected chi connectivity index (χ4v) is 1.67. The van der Waals surface area contributed by atoms with Gasteiger partial charge in [-0.05, 0) is 18.6 Å². The summed E-state index contributed by atoms with van der Waals surface area (Å²) in [6.45, 7) is 2.83. The van der Waals surface area contributed by atoms with Crippen LogP contribution in [0, 0.1) is 0 Å². The number of aryl methyl sites for hydroxylation is 1. The fourth-order valence-electron chi connectivity index (χ4n) is 1.67. The lowest BCUT2D eigenvalue weighted by atomic mass is 10.1. The second-order valence-corrected chi connectivity index (χ2v) is 3.73. The highest BCUT2D eigenvalue weighted by Gasteiger charge is 2.09. The van der Waals surface area contributed by atoms with E-state index in [1.807, 2.05) is 6.07 Å². The molecule has 0 unspecified atom stereocenters. The molecule has 2 aromatic rings. The first-order chi connectivity index (χ1) is 8.22. The molecule has 0 aliphatic carbocycles. The first-order valence-corrected chi connectivity index (χ1v) is 5.44. The van der Waals surface area contributed by atoms with Crippen molar-refractivity contribution in [1.82, 2.24) is 15.0 Å². The molecule has 5 nitrogen and oxygen atoms in total. The molecule has 0 saturated heterocycles. The van der Waals surface area contributed by atoms with E-state index in [-0.39, 0.29) is 5.56 Å². The van der Waals surface area contributed by atoms with E-state index in [9.17, 15) is 4.79 Å². The lowest BCUT2D eigenvalue weighted by Gasteiger charge is -2.05. The number of nitrogens with zero attached hydrogens (tertiary/aromatic N) is 3. The lowest BCUT2D eigenvalue weighted by Crippen LogP contribution is -2.02. The molecule has 0 bridgehead atoms. The van der Waals surface area contributed by atoms with Gasteiger partial charge in [-0.1, -0.05) is 24.3 Å². The van der Waals surface area contributed by atoms with E-state index in [0.717, 1.165) is 24.2 Å². The monoisotopic (exact) mass is 231 g/mol. The highest BCUT2D eigenvalue weighted by atomic mass is 16.4. The van der Waals surface area contributed by atoms with E-state index in [0.29, 0.717) is 0 Å². The molecule has 0 saturated carbocycles. The molecule has 1 heterocycles. The van der Waals surface area contributed by atoms with Gasteiger partial charge in [-0.15, -0.1) is 5.10 Å². The van der Waals surface area contributed by atoms with Crippen molar-refractivity contribution in [3.05, 3.63) is 36.0 Å². The minimum absolute atomic E-state index is 0.270. The van der Waals surface area contributed by atoms with E-state index >= 15 is 0 Å². The maximum Gasteiger partial charge on any atom is 0.335 e. The van der Waals surface area contributed by atoms with Crippen molar-refractivity contribution in [3.8, 4) is 11.3 Å². The smallest absolute Gasteiger partial charge is 0.335 e. The van der Waals surface area contributed by atoms with Gasteiger partial charge in [0.1, 0.15) is 0 Å². The zero-order valence-electron chi connectivity index (χ0n) is 9.50. The summed E-state index contributed by atoms with van der Waals surface area (Å²) in [7, 11) is 0. The van der Waals surface area contributed by atoms with Crippen LogP contribution < -0.4 is 0 Å². The second kappa shape index (κ2) is 4.78. The van der Waals surface area contributed by atoms with E-state index in [1.165, 1.54) is 0 Å². The average Bonchev–Trinajstić information content (AvgIpc) is 2.78. The molecular formula is C12H13N3O2. The van der Waals surface area contributed by atoms with Crippen LogP contribution in [-0.4, -0.2) is 26.1 Å². The summed E-state index contributed by atoms with van der Waals surface area (Å²) < 4.78 is 1.78. The molecule has 88 valence electrons. The molecule has 0 aliphatic heterocycles. The molecule has 1 aromatic carbocycles. The Labute approximate surface area is 98.7 Å². The summed E-state index contributed by atoms with van der Waals surface area (Å²) in [5.41, 5.74) is 1.94. The van der Waals surface area contributed by atoms with Gasteiger partial charge in [0.2, 0.25) is 0 Å². The first kappa shape index (κ1) is 11.3. The van der Waals surface area contributed by atoms with Gasteiger partial charge in [-0.2, -0.15) is 0 Å². The quantitative estimate of drug-likeness (QED) is 0.874. The SMILES string of the molecule is CCCn1nncc1-c1cccc(C(=O)O)c1. The van der Waals surface area contributed by atoms with Crippen LogP contribution in [0.25, 0.3) is 11.3 Å². The van der Waals surface area contributed by atoms with E-state index in [2.05, 4.69) is 17.2 Å². The molecule has 1 N–H and O–H groups in total. The highest BCUT2D eigenvalue weighted by molar-refractivity contribution is 5.89. The Morgan fingerprint density at radius 3 is 3.00 bits per heavy atom. The van der Waals surface area contributed by atoms with Crippen LogP contribution in [0.5, 0.6) is 0 Å². The topological polar surface area (TPSA) is 68.0 Å². The van der Waals surface area contributed by atoms with Crippen molar-refractivity contribution in [2.75, 3.05) is 0 Å². The molecule has 17 heavy (non-hydrogen) atoms. The van der Waals surface area contributed by atoms with Crippen molar-refractivity contribution in [2.45, 2.75) is 19.9 Å². The van der Waals surface area contributed by atoms with Crippen LogP contribution in [0.2, 0.25) is 0 Å². The maximum atomic E-state index is 10.9. The molecule has 0 aliphatic rings. The number of carbonyl (C=O) groups is 1. The van der Waals surface area contributed by atoms with Gasteiger partial charge >= 0.3 is 5.97 Å². The van der Waals surface area contributed by atoms with Crippen LogP contribution >= 0.6 is 0 Å². The van der Waals surface area contributed by atoms with Crippen LogP contribution in [0.1, 0.15) is 23.7 Å². The lowest BCUT2D eigenvalue weighted by molar-refractivity contribution is 0.0697. The molecule has 5 heteroatoms. The number of hydrogen-bond acceptors (Lipinski definition) is 3. The summed E-state index contributed by atoms with van der Waals surface area (Å²) in [5, 5.41) is 16.8. The van der Waals surface area contributed by atoms with Crippen LogP contribution in [-0.2, 0) is 6.54 Å². The van der Waals surface area contributed by atoms with E-state index in [1.54, 1.807) is 29.1 Å². The number of benzene rings is 1. The molecular weight excluding hydrogens is 218 g/mol. The largest absolute Gasteiger partial charge is 0.478 e. The second-order valence-electron chi connectivity index (χ2n) is 3.73. The van der Waals surface area contributed by atoms with Gasteiger partial charge in [0.05, 0.1) is 17.5 Å². The molecule has 2 rings (SSSR count). The Morgan fingerprint density at radius 2 is 2.29 bits per heavy atom. The predicted molar refractivity (Wildman–Crippen MR) is 62.7 cm³/mol. The Balaban J connectivity index is 2.42. The molecule has 0 atom stereocenters.